The summed E-state index contributed by atoms with van der Waals surface area (Å²) in [5, 5.41) is 3.34. The fraction of sp³-hybridized carbons (Fsp3) is 0.423. The van der Waals surface area contributed by atoms with Crippen LogP contribution in [0.15, 0.2) is 67.3 Å². The van der Waals surface area contributed by atoms with Crippen LogP contribution in [-0.2, 0) is 11.2 Å². The Bertz CT molecular complexity index is 705. The van der Waals surface area contributed by atoms with Gasteiger partial charge in [-0.2, -0.15) is 0 Å². The van der Waals surface area contributed by atoms with Crippen LogP contribution in [0.2, 0.25) is 0 Å². The molecule has 0 aliphatic rings. The summed E-state index contributed by atoms with van der Waals surface area (Å²) in [6.07, 6.45) is 9.10. The maximum atomic E-state index is 13.1. The maximum absolute atomic E-state index is 13.1. The molecule has 0 fully saturated rings. The van der Waals surface area contributed by atoms with Crippen molar-refractivity contribution in [3.8, 4) is 0 Å². The molecule has 0 radical (unpaired) electrons. The van der Waals surface area contributed by atoms with Gasteiger partial charge in [0.2, 0.25) is 5.91 Å². The summed E-state index contributed by atoms with van der Waals surface area (Å²) in [5.41, 5.74) is 3.64. The monoisotopic (exact) mass is 377 g/mol. The van der Waals surface area contributed by atoms with E-state index >= 15 is 0 Å². The number of carbonyl (C=O) groups excluding carboxylic acids is 1. The molecule has 0 saturated carbocycles. The number of aryl methyl sites for hydroxylation is 1. The van der Waals surface area contributed by atoms with E-state index in [1.807, 2.05) is 24.3 Å². The SMILES string of the molecule is C=CCC(CCCCCC)C(=O)N[C@@H](Cc1ccc(C)cc1)c1ccccc1. The summed E-state index contributed by atoms with van der Waals surface area (Å²) in [6.45, 7) is 8.17. The van der Waals surface area contributed by atoms with Crippen LogP contribution in [-0.4, -0.2) is 5.91 Å². The zero-order valence-corrected chi connectivity index (χ0v) is 17.5. The lowest BCUT2D eigenvalue weighted by Crippen LogP contribution is -2.35. The fourth-order valence-corrected chi connectivity index (χ4v) is 3.56. The number of benzene rings is 2. The first-order chi connectivity index (χ1) is 13.6. The highest BCUT2D eigenvalue weighted by atomic mass is 16.1. The van der Waals surface area contributed by atoms with Gasteiger partial charge in [-0.3, -0.25) is 4.79 Å². The predicted molar refractivity (Wildman–Crippen MR) is 119 cm³/mol. The van der Waals surface area contributed by atoms with Gasteiger partial charge in [0.1, 0.15) is 0 Å². The maximum Gasteiger partial charge on any atom is 0.223 e. The number of amides is 1. The van der Waals surface area contributed by atoms with Crippen LogP contribution in [0.5, 0.6) is 0 Å². The van der Waals surface area contributed by atoms with Crippen LogP contribution in [0.4, 0.5) is 0 Å². The lowest BCUT2D eigenvalue weighted by Gasteiger charge is -2.23. The van der Waals surface area contributed by atoms with Gasteiger partial charge in [-0.15, -0.1) is 6.58 Å². The van der Waals surface area contributed by atoms with Crippen LogP contribution >= 0.6 is 0 Å². The predicted octanol–water partition coefficient (Wildman–Crippen LogP) is 6.56. The van der Waals surface area contributed by atoms with Crippen molar-refractivity contribution in [1.29, 1.82) is 0 Å². The van der Waals surface area contributed by atoms with Crippen molar-refractivity contribution in [2.45, 2.75) is 64.8 Å². The van der Waals surface area contributed by atoms with E-state index in [1.165, 1.54) is 30.4 Å². The first-order valence-electron chi connectivity index (χ1n) is 10.7. The number of carbonyl (C=O) groups is 1. The Morgan fingerprint density at radius 1 is 1.04 bits per heavy atom. The molecule has 2 aromatic carbocycles. The van der Waals surface area contributed by atoms with E-state index in [0.717, 1.165) is 31.2 Å². The highest BCUT2D eigenvalue weighted by molar-refractivity contribution is 5.79. The van der Waals surface area contributed by atoms with Crippen molar-refractivity contribution in [3.63, 3.8) is 0 Å². The molecule has 0 heterocycles. The third-order valence-electron chi connectivity index (χ3n) is 5.31. The summed E-state index contributed by atoms with van der Waals surface area (Å²) in [7, 11) is 0. The van der Waals surface area contributed by atoms with E-state index in [4.69, 9.17) is 0 Å². The standard InChI is InChI=1S/C26H35NO/c1-4-6-7-9-15-24(12-5-2)26(28)27-25(23-13-10-8-11-14-23)20-22-18-16-21(3)17-19-22/h5,8,10-11,13-14,16-19,24-25H,2,4,6-7,9,12,15,20H2,1,3H3,(H,27,28)/t24?,25-/m0/s1. The van der Waals surface area contributed by atoms with Crippen LogP contribution in [0, 0.1) is 12.8 Å². The highest BCUT2D eigenvalue weighted by Gasteiger charge is 2.21. The van der Waals surface area contributed by atoms with Gasteiger partial charge in [-0.1, -0.05) is 98.8 Å². The Kier molecular flexibility index (Phi) is 9.54. The molecule has 2 atom stereocenters. The Morgan fingerprint density at radius 3 is 2.39 bits per heavy atom. The average molecular weight is 378 g/mol. The van der Waals surface area contributed by atoms with E-state index in [2.05, 4.69) is 62.1 Å². The highest BCUT2D eigenvalue weighted by Crippen LogP contribution is 2.22. The molecule has 150 valence electrons. The molecule has 2 nitrogen and oxygen atoms in total. The van der Waals surface area contributed by atoms with Crippen molar-refractivity contribution in [3.05, 3.63) is 83.9 Å². The second-order valence-corrected chi connectivity index (χ2v) is 7.73. The minimum absolute atomic E-state index is 0.0126. The summed E-state index contributed by atoms with van der Waals surface area (Å²) in [6, 6.07) is 18.9. The minimum Gasteiger partial charge on any atom is -0.349 e. The zero-order chi connectivity index (χ0) is 20.2. The number of rotatable bonds is 12. The third-order valence-corrected chi connectivity index (χ3v) is 5.31. The van der Waals surface area contributed by atoms with Gasteiger partial charge in [0, 0.05) is 5.92 Å². The van der Waals surface area contributed by atoms with Gasteiger partial charge in [0.05, 0.1) is 6.04 Å². The Hall–Kier alpha value is -2.35. The van der Waals surface area contributed by atoms with Gasteiger partial charge in [0.15, 0.2) is 0 Å². The number of unbranched alkanes of at least 4 members (excludes halogenated alkanes) is 3. The number of nitrogens with one attached hydrogen (secondary N) is 1. The molecule has 0 spiro atoms. The van der Waals surface area contributed by atoms with E-state index in [1.54, 1.807) is 0 Å². The molecule has 1 unspecified atom stereocenters. The molecule has 0 aliphatic carbocycles. The lowest BCUT2D eigenvalue weighted by atomic mass is 9.94. The number of allylic oxidation sites excluding steroid dienone is 1. The topological polar surface area (TPSA) is 29.1 Å². The fourth-order valence-electron chi connectivity index (χ4n) is 3.56. The van der Waals surface area contributed by atoms with Gasteiger partial charge >= 0.3 is 0 Å². The van der Waals surface area contributed by atoms with Crippen molar-refractivity contribution < 1.29 is 4.79 Å². The van der Waals surface area contributed by atoms with E-state index in [-0.39, 0.29) is 17.9 Å². The Labute approximate surface area is 171 Å². The van der Waals surface area contributed by atoms with Crippen molar-refractivity contribution in [2.75, 3.05) is 0 Å². The van der Waals surface area contributed by atoms with Crippen LogP contribution in [0.3, 0.4) is 0 Å². The molecular weight excluding hydrogens is 342 g/mol. The molecule has 2 rings (SSSR count). The van der Waals surface area contributed by atoms with Gasteiger partial charge in [-0.05, 0) is 37.3 Å². The molecule has 1 N–H and O–H groups in total. The number of hydrogen-bond donors (Lipinski definition) is 1. The van der Waals surface area contributed by atoms with E-state index in [9.17, 15) is 4.79 Å². The van der Waals surface area contributed by atoms with Gasteiger partial charge in [0.25, 0.3) is 0 Å². The molecule has 0 bridgehead atoms. The van der Waals surface area contributed by atoms with Crippen molar-refractivity contribution in [1.82, 2.24) is 5.32 Å². The average Bonchev–Trinajstić information content (AvgIpc) is 2.72. The van der Waals surface area contributed by atoms with E-state index in [0.29, 0.717) is 0 Å². The van der Waals surface area contributed by atoms with E-state index < -0.39 is 0 Å². The molecular formula is C26H35NO. The molecule has 2 aromatic rings. The summed E-state index contributed by atoms with van der Waals surface area (Å²) in [4.78, 5) is 13.1. The van der Waals surface area contributed by atoms with Gasteiger partial charge in [-0.25, -0.2) is 0 Å². The first kappa shape index (κ1) is 21.9. The zero-order valence-electron chi connectivity index (χ0n) is 17.5. The van der Waals surface area contributed by atoms with Crippen LogP contribution < -0.4 is 5.32 Å². The summed E-state index contributed by atoms with van der Waals surface area (Å²) < 4.78 is 0. The minimum atomic E-state index is -0.0145. The third kappa shape index (κ3) is 7.34. The molecule has 0 aromatic heterocycles. The second kappa shape index (κ2) is 12.2. The summed E-state index contributed by atoms with van der Waals surface area (Å²) >= 11 is 0. The normalized spacial score (nSPS) is 12.9. The second-order valence-electron chi connectivity index (χ2n) is 7.73. The number of hydrogen-bond acceptors (Lipinski definition) is 1. The molecule has 0 saturated heterocycles. The molecule has 1 amide bonds. The largest absolute Gasteiger partial charge is 0.349 e. The Balaban J connectivity index is 2.09. The van der Waals surface area contributed by atoms with Crippen LogP contribution in [0.25, 0.3) is 0 Å². The van der Waals surface area contributed by atoms with Crippen LogP contribution in [0.1, 0.15) is 68.2 Å². The lowest BCUT2D eigenvalue weighted by molar-refractivity contribution is -0.126. The first-order valence-corrected chi connectivity index (χ1v) is 10.7. The van der Waals surface area contributed by atoms with Crippen molar-refractivity contribution in [2.24, 2.45) is 5.92 Å². The summed E-state index contributed by atoms with van der Waals surface area (Å²) in [5.74, 6) is 0.163. The Morgan fingerprint density at radius 2 is 1.75 bits per heavy atom. The smallest absolute Gasteiger partial charge is 0.223 e. The van der Waals surface area contributed by atoms with Gasteiger partial charge < -0.3 is 5.32 Å². The molecule has 0 aliphatic heterocycles. The molecule has 2 heteroatoms. The van der Waals surface area contributed by atoms with Crippen molar-refractivity contribution >= 4 is 5.91 Å². The molecule has 28 heavy (non-hydrogen) atoms. The quantitative estimate of drug-likeness (QED) is 0.329.